The minimum Gasteiger partial charge on any atom is -0.488 e. The number of hydrogen-bond donors (Lipinski definition) is 0. The molecule has 0 saturated heterocycles. The fraction of sp³-hybridized carbons (Fsp3) is 0.436. The number of unbranched alkanes of at least 4 members (excludes halogenated alkanes) is 1. The number of rotatable bonds is 16. The van der Waals surface area contributed by atoms with Crippen LogP contribution in [0.3, 0.4) is 0 Å². The van der Waals surface area contributed by atoms with Crippen LogP contribution < -0.4 is 9.47 Å². The molecule has 54 heavy (non-hydrogen) atoms. The molecule has 4 aromatic rings. The van der Waals surface area contributed by atoms with Crippen LogP contribution in [0.5, 0.6) is 11.5 Å². The van der Waals surface area contributed by atoms with E-state index < -0.39 is 40.2 Å². The number of methoxy groups -OCH3 is 1. The maximum Gasteiger partial charge on any atom is 0.435 e. The first-order valence-electron chi connectivity index (χ1n) is 17.0. The number of aromatic nitrogens is 2. The summed E-state index contributed by atoms with van der Waals surface area (Å²) in [5.74, 6) is -1.10. The SMILES string of the molecule is COC(C)(C)CCOC(C)(C)CCCCC(=O)Oc1c(-c2cc(C(F)(F)F)nn2C)ccc(OCc2ccc(Cl)cc2)c1-c1ccc(Cl)c(C(F)(F)F)c1. The number of carbonyl (C=O) groups is 1. The van der Waals surface area contributed by atoms with Crippen LogP contribution in [0.4, 0.5) is 26.3 Å². The third kappa shape index (κ3) is 11.6. The van der Waals surface area contributed by atoms with Crippen LogP contribution in [0.25, 0.3) is 22.4 Å². The summed E-state index contributed by atoms with van der Waals surface area (Å²) in [5, 5.41) is 3.48. The van der Waals surface area contributed by atoms with Gasteiger partial charge < -0.3 is 18.9 Å². The van der Waals surface area contributed by atoms with Gasteiger partial charge in [-0.15, -0.1) is 0 Å². The van der Waals surface area contributed by atoms with Crippen molar-refractivity contribution in [2.24, 2.45) is 7.05 Å². The highest BCUT2D eigenvalue weighted by atomic mass is 35.5. The van der Waals surface area contributed by atoms with Crippen molar-refractivity contribution >= 4 is 29.2 Å². The largest absolute Gasteiger partial charge is 0.488 e. The van der Waals surface area contributed by atoms with Gasteiger partial charge in [-0.05, 0) is 101 Å². The lowest BCUT2D eigenvalue weighted by molar-refractivity contribution is -0.141. The first kappa shape index (κ1) is 43.0. The molecule has 0 aliphatic heterocycles. The van der Waals surface area contributed by atoms with Crippen LogP contribution in [0, 0.1) is 0 Å². The summed E-state index contributed by atoms with van der Waals surface area (Å²) in [4.78, 5) is 13.5. The Labute approximate surface area is 320 Å². The molecule has 0 unspecified atom stereocenters. The third-order valence-corrected chi connectivity index (χ3v) is 9.39. The van der Waals surface area contributed by atoms with Gasteiger partial charge in [0.05, 0.1) is 39.7 Å². The zero-order valence-electron chi connectivity index (χ0n) is 30.7. The lowest BCUT2D eigenvalue weighted by Gasteiger charge is -2.29. The molecule has 15 heteroatoms. The van der Waals surface area contributed by atoms with Gasteiger partial charge in [-0.25, -0.2) is 0 Å². The van der Waals surface area contributed by atoms with E-state index in [2.05, 4.69) is 5.10 Å². The molecule has 0 aliphatic rings. The second kappa shape index (κ2) is 17.3. The number of carbonyl (C=O) groups excluding carboxylic acids is 1. The maximum absolute atomic E-state index is 14.1. The van der Waals surface area contributed by atoms with Gasteiger partial charge in [0.1, 0.15) is 12.4 Å². The molecule has 0 bridgehead atoms. The number of hydrogen-bond acceptors (Lipinski definition) is 6. The predicted molar refractivity (Wildman–Crippen MR) is 195 cm³/mol. The van der Waals surface area contributed by atoms with Gasteiger partial charge in [0.25, 0.3) is 0 Å². The number of halogens is 8. The van der Waals surface area contributed by atoms with E-state index in [1.165, 1.54) is 25.2 Å². The van der Waals surface area contributed by atoms with Crippen LogP contribution in [0.15, 0.2) is 60.7 Å². The topological polar surface area (TPSA) is 71.8 Å². The summed E-state index contributed by atoms with van der Waals surface area (Å²) in [5.41, 5.74) is -2.99. The van der Waals surface area contributed by atoms with Crippen LogP contribution in [-0.2, 0) is 40.3 Å². The molecule has 0 radical (unpaired) electrons. The molecule has 0 amide bonds. The normalized spacial score (nSPS) is 12.6. The molecule has 0 N–H and O–H groups in total. The molecule has 0 aliphatic carbocycles. The van der Waals surface area contributed by atoms with E-state index in [0.717, 1.165) is 22.9 Å². The van der Waals surface area contributed by atoms with E-state index in [-0.39, 0.29) is 52.5 Å². The van der Waals surface area contributed by atoms with E-state index >= 15 is 0 Å². The molecule has 0 fully saturated rings. The van der Waals surface area contributed by atoms with Crippen molar-refractivity contribution in [1.29, 1.82) is 0 Å². The Morgan fingerprint density at radius 3 is 2.13 bits per heavy atom. The average Bonchev–Trinajstić information content (AvgIpc) is 3.48. The van der Waals surface area contributed by atoms with Crippen molar-refractivity contribution in [1.82, 2.24) is 9.78 Å². The van der Waals surface area contributed by atoms with Crippen LogP contribution >= 0.6 is 23.2 Å². The molecule has 0 spiro atoms. The zero-order valence-corrected chi connectivity index (χ0v) is 32.2. The van der Waals surface area contributed by atoms with E-state index in [1.807, 2.05) is 27.7 Å². The Morgan fingerprint density at radius 2 is 1.52 bits per heavy atom. The van der Waals surface area contributed by atoms with Crippen molar-refractivity contribution in [3.8, 4) is 33.9 Å². The van der Waals surface area contributed by atoms with Gasteiger partial charge in [-0.2, -0.15) is 31.4 Å². The van der Waals surface area contributed by atoms with Crippen LogP contribution in [0.1, 0.15) is 76.6 Å². The summed E-state index contributed by atoms with van der Waals surface area (Å²) in [6.45, 7) is 8.16. The molecule has 7 nitrogen and oxygen atoms in total. The predicted octanol–water partition coefficient (Wildman–Crippen LogP) is 11.8. The quantitative estimate of drug-likeness (QED) is 0.0486. The number of ether oxygens (including phenoxy) is 4. The Bertz CT molecular complexity index is 1910. The lowest BCUT2D eigenvalue weighted by atomic mass is 9.96. The van der Waals surface area contributed by atoms with Crippen molar-refractivity contribution < 1.29 is 50.1 Å². The summed E-state index contributed by atoms with van der Waals surface area (Å²) in [6, 6.07) is 13.2. The Morgan fingerprint density at radius 1 is 0.833 bits per heavy atom. The number of esters is 1. The summed E-state index contributed by atoms with van der Waals surface area (Å²) >= 11 is 12.0. The molecule has 3 aromatic carbocycles. The van der Waals surface area contributed by atoms with E-state index in [4.69, 9.17) is 42.1 Å². The van der Waals surface area contributed by atoms with Gasteiger partial charge >= 0.3 is 18.3 Å². The van der Waals surface area contributed by atoms with Gasteiger partial charge in [-0.1, -0.05) is 47.8 Å². The molecular formula is C39H42Cl2F6N2O5. The molecule has 4 rings (SSSR count). The fourth-order valence-electron chi connectivity index (χ4n) is 5.50. The van der Waals surface area contributed by atoms with Crippen molar-refractivity contribution in [3.05, 3.63) is 87.5 Å². The Kier molecular flexibility index (Phi) is 13.8. The summed E-state index contributed by atoms with van der Waals surface area (Å²) < 4.78 is 108. The minimum absolute atomic E-state index is 0.0132. The third-order valence-electron chi connectivity index (χ3n) is 8.81. The highest BCUT2D eigenvalue weighted by molar-refractivity contribution is 6.31. The van der Waals surface area contributed by atoms with E-state index in [0.29, 0.717) is 42.9 Å². The van der Waals surface area contributed by atoms with Crippen LogP contribution in [0.2, 0.25) is 10.0 Å². The molecule has 0 atom stereocenters. The number of benzene rings is 3. The monoisotopic (exact) mass is 802 g/mol. The lowest BCUT2D eigenvalue weighted by Crippen LogP contribution is -2.30. The average molecular weight is 804 g/mol. The molecule has 1 aromatic heterocycles. The smallest absolute Gasteiger partial charge is 0.435 e. The second-order valence-corrected chi connectivity index (χ2v) is 14.8. The minimum atomic E-state index is -4.87. The first-order valence-corrected chi connectivity index (χ1v) is 17.8. The van der Waals surface area contributed by atoms with Gasteiger partial charge in [0.15, 0.2) is 11.4 Å². The van der Waals surface area contributed by atoms with Crippen LogP contribution in [-0.4, -0.2) is 40.7 Å². The van der Waals surface area contributed by atoms with Gasteiger partial charge in [0, 0.05) is 31.2 Å². The molecule has 1 heterocycles. The number of nitrogens with zero attached hydrogens (tertiary/aromatic N) is 2. The van der Waals surface area contributed by atoms with Gasteiger partial charge in [0.2, 0.25) is 0 Å². The van der Waals surface area contributed by atoms with Crippen molar-refractivity contribution in [3.63, 3.8) is 0 Å². The highest BCUT2D eigenvalue weighted by Crippen LogP contribution is 2.48. The van der Waals surface area contributed by atoms with Crippen molar-refractivity contribution in [2.75, 3.05) is 13.7 Å². The Hall–Kier alpha value is -3.78. The summed E-state index contributed by atoms with van der Waals surface area (Å²) in [7, 11) is 2.90. The Balaban J connectivity index is 1.74. The second-order valence-electron chi connectivity index (χ2n) is 14.0. The fourth-order valence-corrected chi connectivity index (χ4v) is 5.85. The molecule has 0 saturated carbocycles. The first-order chi connectivity index (χ1) is 25.1. The summed E-state index contributed by atoms with van der Waals surface area (Å²) in [6.07, 6.45) is -7.61. The van der Waals surface area contributed by atoms with Crippen molar-refractivity contribution in [2.45, 2.75) is 90.0 Å². The molecule has 294 valence electrons. The van der Waals surface area contributed by atoms with Gasteiger partial charge in [-0.3, -0.25) is 9.48 Å². The zero-order chi connectivity index (χ0) is 40.1. The molecular weight excluding hydrogens is 761 g/mol. The van der Waals surface area contributed by atoms with E-state index in [1.54, 1.807) is 31.4 Å². The number of alkyl halides is 6. The highest BCUT2D eigenvalue weighted by Gasteiger charge is 2.37. The standard InChI is InChI=1S/C39H42Cl2F6N2O5/c1-36(2,51-6)19-20-53-37(3,4)18-8-7-9-33(50)54-35-27(30-22-32(39(45,46)47)48-49(30)5)15-17-31(52-23-24-10-13-26(40)14-11-24)34(35)25-12-16-29(41)28(21-25)38(42,43)44/h10-17,21-22H,7-9,18-20,23H2,1-6H3. The number of aryl methyl sites for hydroxylation is 1. The van der Waals surface area contributed by atoms with E-state index in [9.17, 15) is 31.1 Å². The maximum atomic E-state index is 14.1.